The molecule has 0 spiro atoms. The van der Waals surface area contributed by atoms with Gasteiger partial charge in [-0.05, 0) is 36.8 Å². The van der Waals surface area contributed by atoms with Crippen molar-refractivity contribution in [3.05, 3.63) is 60.4 Å². The smallest absolute Gasteiger partial charge is 0.251 e. The van der Waals surface area contributed by atoms with Gasteiger partial charge in [0.2, 0.25) is 0 Å². The summed E-state index contributed by atoms with van der Waals surface area (Å²) in [5, 5.41) is 7.08. The molecule has 116 valence electrons. The molecule has 0 atom stereocenters. The molecule has 0 radical (unpaired) electrons. The standard InChI is InChI=1S/C18H18N4O/c1-2-10-19-18(23)13-6-5-7-14(11-13)22-17-15-8-3-4-9-16(15)20-12-21-17/h3-9,11-12H,2,10H2,1H3,(H,19,23)(H,20,21,22). The second-order valence-electron chi connectivity index (χ2n) is 5.20. The van der Waals surface area contributed by atoms with Crippen molar-refractivity contribution < 1.29 is 4.79 Å². The molecule has 1 aromatic heterocycles. The predicted molar refractivity (Wildman–Crippen MR) is 91.9 cm³/mol. The highest BCUT2D eigenvalue weighted by Gasteiger charge is 2.07. The summed E-state index contributed by atoms with van der Waals surface area (Å²) in [6, 6.07) is 15.2. The fourth-order valence-electron chi connectivity index (χ4n) is 2.32. The Bertz CT molecular complexity index is 827. The van der Waals surface area contributed by atoms with E-state index in [1.54, 1.807) is 6.07 Å². The van der Waals surface area contributed by atoms with Crippen LogP contribution in [0.3, 0.4) is 0 Å². The van der Waals surface area contributed by atoms with Crippen LogP contribution in [0.2, 0.25) is 0 Å². The molecule has 0 fully saturated rings. The molecule has 0 bridgehead atoms. The molecule has 2 aromatic carbocycles. The van der Waals surface area contributed by atoms with E-state index >= 15 is 0 Å². The molecule has 0 aliphatic carbocycles. The van der Waals surface area contributed by atoms with Crippen LogP contribution in [0.5, 0.6) is 0 Å². The molecule has 0 unspecified atom stereocenters. The number of anilines is 2. The van der Waals surface area contributed by atoms with Crippen LogP contribution in [0.15, 0.2) is 54.9 Å². The molecule has 2 N–H and O–H groups in total. The number of para-hydroxylation sites is 1. The van der Waals surface area contributed by atoms with Crippen molar-refractivity contribution in [2.45, 2.75) is 13.3 Å². The molecule has 23 heavy (non-hydrogen) atoms. The van der Waals surface area contributed by atoms with Crippen LogP contribution < -0.4 is 10.6 Å². The van der Waals surface area contributed by atoms with Gasteiger partial charge in [0.15, 0.2) is 0 Å². The average Bonchev–Trinajstić information content (AvgIpc) is 2.60. The fourth-order valence-corrected chi connectivity index (χ4v) is 2.32. The second kappa shape index (κ2) is 6.87. The van der Waals surface area contributed by atoms with Crippen LogP contribution in [0.25, 0.3) is 10.9 Å². The minimum absolute atomic E-state index is 0.0666. The summed E-state index contributed by atoms with van der Waals surface area (Å²) in [6.45, 7) is 2.70. The highest BCUT2D eigenvalue weighted by molar-refractivity contribution is 5.96. The van der Waals surface area contributed by atoms with Crippen LogP contribution >= 0.6 is 0 Å². The first-order valence-corrected chi connectivity index (χ1v) is 7.63. The minimum Gasteiger partial charge on any atom is -0.352 e. The third kappa shape index (κ3) is 3.45. The van der Waals surface area contributed by atoms with Crippen LogP contribution in [0, 0.1) is 0 Å². The van der Waals surface area contributed by atoms with Crippen LogP contribution in [0.1, 0.15) is 23.7 Å². The van der Waals surface area contributed by atoms with Gasteiger partial charge in [-0.25, -0.2) is 9.97 Å². The molecule has 0 saturated carbocycles. The number of aromatic nitrogens is 2. The summed E-state index contributed by atoms with van der Waals surface area (Å²) in [4.78, 5) is 20.6. The van der Waals surface area contributed by atoms with Gasteiger partial charge in [-0.2, -0.15) is 0 Å². The highest BCUT2D eigenvalue weighted by Crippen LogP contribution is 2.23. The summed E-state index contributed by atoms with van der Waals surface area (Å²) in [5.41, 5.74) is 2.32. The van der Waals surface area contributed by atoms with Crippen molar-refractivity contribution in [3.63, 3.8) is 0 Å². The van der Waals surface area contributed by atoms with Gasteiger partial charge in [-0.15, -0.1) is 0 Å². The highest BCUT2D eigenvalue weighted by atomic mass is 16.1. The van der Waals surface area contributed by atoms with Gasteiger partial charge < -0.3 is 10.6 Å². The number of rotatable bonds is 5. The monoisotopic (exact) mass is 306 g/mol. The van der Waals surface area contributed by atoms with E-state index in [1.165, 1.54) is 6.33 Å². The Kier molecular flexibility index (Phi) is 4.47. The van der Waals surface area contributed by atoms with Gasteiger partial charge in [0.25, 0.3) is 5.91 Å². The van der Waals surface area contributed by atoms with E-state index in [2.05, 4.69) is 20.6 Å². The largest absolute Gasteiger partial charge is 0.352 e. The molecule has 1 amide bonds. The maximum absolute atomic E-state index is 12.1. The summed E-state index contributed by atoms with van der Waals surface area (Å²) >= 11 is 0. The Balaban J connectivity index is 1.86. The van der Waals surface area contributed by atoms with Gasteiger partial charge in [-0.1, -0.05) is 25.1 Å². The Morgan fingerprint density at radius 1 is 1.09 bits per heavy atom. The third-order valence-electron chi connectivity index (χ3n) is 3.47. The van der Waals surface area contributed by atoms with E-state index in [1.807, 2.05) is 49.4 Å². The van der Waals surface area contributed by atoms with Crippen LogP contribution in [-0.4, -0.2) is 22.4 Å². The number of carbonyl (C=O) groups excluding carboxylic acids is 1. The Morgan fingerprint density at radius 3 is 2.83 bits per heavy atom. The maximum Gasteiger partial charge on any atom is 0.251 e. The van der Waals surface area contributed by atoms with Crippen molar-refractivity contribution in [2.24, 2.45) is 0 Å². The van der Waals surface area contributed by atoms with E-state index in [4.69, 9.17) is 0 Å². The number of hydrogen-bond acceptors (Lipinski definition) is 4. The number of nitrogens with one attached hydrogen (secondary N) is 2. The first kappa shape index (κ1) is 15.0. The fraction of sp³-hybridized carbons (Fsp3) is 0.167. The number of amides is 1. The zero-order valence-electron chi connectivity index (χ0n) is 12.9. The number of benzene rings is 2. The van der Waals surface area contributed by atoms with Crippen molar-refractivity contribution >= 4 is 28.3 Å². The molecule has 1 heterocycles. The molecule has 3 rings (SSSR count). The summed E-state index contributed by atoms with van der Waals surface area (Å²) in [6.07, 6.45) is 2.44. The lowest BCUT2D eigenvalue weighted by Crippen LogP contribution is -2.23. The minimum atomic E-state index is -0.0666. The Labute approximate surface area is 134 Å². The van der Waals surface area contributed by atoms with Gasteiger partial charge in [0, 0.05) is 23.2 Å². The molecule has 3 aromatic rings. The lowest BCUT2D eigenvalue weighted by Gasteiger charge is -2.10. The summed E-state index contributed by atoms with van der Waals surface area (Å²) in [5.74, 6) is 0.657. The molecule has 0 aliphatic rings. The maximum atomic E-state index is 12.1. The second-order valence-corrected chi connectivity index (χ2v) is 5.20. The summed E-state index contributed by atoms with van der Waals surface area (Å²) < 4.78 is 0. The summed E-state index contributed by atoms with van der Waals surface area (Å²) in [7, 11) is 0. The van der Waals surface area contributed by atoms with E-state index < -0.39 is 0 Å². The van der Waals surface area contributed by atoms with Crippen molar-refractivity contribution in [2.75, 3.05) is 11.9 Å². The van der Waals surface area contributed by atoms with Crippen molar-refractivity contribution in [3.8, 4) is 0 Å². The lowest BCUT2D eigenvalue weighted by atomic mass is 10.1. The molecular weight excluding hydrogens is 288 g/mol. The van der Waals surface area contributed by atoms with Gasteiger partial charge >= 0.3 is 0 Å². The van der Waals surface area contributed by atoms with Crippen LogP contribution in [-0.2, 0) is 0 Å². The first-order valence-electron chi connectivity index (χ1n) is 7.63. The van der Waals surface area contributed by atoms with E-state index in [0.29, 0.717) is 12.1 Å². The normalized spacial score (nSPS) is 10.5. The zero-order valence-corrected chi connectivity index (χ0v) is 12.9. The van der Waals surface area contributed by atoms with Crippen LogP contribution in [0.4, 0.5) is 11.5 Å². The predicted octanol–water partition coefficient (Wildman–Crippen LogP) is 3.51. The lowest BCUT2D eigenvalue weighted by molar-refractivity contribution is 0.0953. The average molecular weight is 306 g/mol. The first-order chi connectivity index (χ1) is 11.3. The molecule has 5 heteroatoms. The van der Waals surface area contributed by atoms with Gasteiger partial charge in [0.1, 0.15) is 12.1 Å². The number of carbonyl (C=O) groups is 1. The number of fused-ring (bicyclic) bond motifs is 1. The van der Waals surface area contributed by atoms with E-state index in [9.17, 15) is 4.79 Å². The third-order valence-corrected chi connectivity index (χ3v) is 3.47. The Morgan fingerprint density at radius 2 is 1.96 bits per heavy atom. The Hall–Kier alpha value is -2.95. The quantitative estimate of drug-likeness (QED) is 0.757. The zero-order chi connectivity index (χ0) is 16.1. The number of hydrogen-bond donors (Lipinski definition) is 2. The molecule has 0 aliphatic heterocycles. The van der Waals surface area contributed by atoms with Gasteiger partial charge in [0.05, 0.1) is 5.52 Å². The van der Waals surface area contributed by atoms with Crippen molar-refractivity contribution in [1.82, 2.24) is 15.3 Å². The van der Waals surface area contributed by atoms with Gasteiger partial charge in [-0.3, -0.25) is 4.79 Å². The van der Waals surface area contributed by atoms with E-state index in [0.717, 1.165) is 28.8 Å². The van der Waals surface area contributed by atoms with E-state index in [-0.39, 0.29) is 5.91 Å². The molecule has 5 nitrogen and oxygen atoms in total. The topological polar surface area (TPSA) is 66.9 Å². The SMILES string of the molecule is CCCNC(=O)c1cccc(Nc2ncnc3ccccc23)c1. The number of nitrogens with zero attached hydrogens (tertiary/aromatic N) is 2. The van der Waals surface area contributed by atoms with Crippen molar-refractivity contribution in [1.29, 1.82) is 0 Å². The molecule has 0 saturated heterocycles. The molecular formula is C18H18N4O.